The number of halogens is 2. The van der Waals surface area contributed by atoms with Crippen molar-refractivity contribution in [1.82, 2.24) is 15.2 Å². The fraction of sp³-hybridized carbons (Fsp3) is 0.438. The van der Waals surface area contributed by atoms with Gasteiger partial charge in [0.05, 0.1) is 23.9 Å². The van der Waals surface area contributed by atoms with Crippen LogP contribution in [-0.2, 0) is 19.1 Å². The number of esters is 1. The third kappa shape index (κ3) is 6.53. The zero-order valence-corrected chi connectivity index (χ0v) is 26.6. The van der Waals surface area contributed by atoms with E-state index in [9.17, 15) is 14.4 Å². The second kappa shape index (κ2) is 12.9. The van der Waals surface area contributed by atoms with Crippen LogP contribution in [0.3, 0.4) is 0 Å². The summed E-state index contributed by atoms with van der Waals surface area (Å²) in [5.41, 5.74) is 0.305. The molecule has 12 heteroatoms. The lowest BCUT2D eigenvalue weighted by molar-refractivity contribution is -0.148. The number of anilines is 1. The maximum Gasteiger partial charge on any atom is 0.332 e. The number of carbonyl (C=O) groups is 3. The highest BCUT2D eigenvalue weighted by Crippen LogP contribution is 2.46. The normalized spacial score (nSPS) is 28.2. The first-order valence-electron chi connectivity index (χ1n) is 14.9. The van der Waals surface area contributed by atoms with E-state index in [-0.39, 0.29) is 24.8 Å². The van der Waals surface area contributed by atoms with Gasteiger partial charge in [0.15, 0.2) is 0 Å². The molecule has 1 aliphatic carbocycles. The smallest absolute Gasteiger partial charge is 0.332 e. The molecule has 2 N–H and O–H groups in total. The van der Waals surface area contributed by atoms with Crippen LogP contribution in [0.4, 0.5) is 5.69 Å². The minimum Gasteiger partial charge on any atom is -0.467 e. The van der Waals surface area contributed by atoms with E-state index in [1.807, 2.05) is 30.3 Å². The Kier molecular flexibility index (Phi) is 9.03. The van der Waals surface area contributed by atoms with Gasteiger partial charge >= 0.3 is 5.97 Å². The molecule has 0 spiro atoms. The van der Waals surface area contributed by atoms with Crippen LogP contribution in [0.15, 0.2) is 54.6 Å². The second-order valence-electron chi connectivity index (χ2n) is 11.6. The molecule has 0 unspecified atom stereocenters. The summed E-state index contributed by atoms with van der Waals surface area (Å²) in [6.07, 6.45) is 8.36. The second-order valence-corrected chi connectivity index (χ2v) is 13.5. The molecule has 0 bridgehead atoms. The van der Waals surface area contributed by atoms with Crippen molar-refractivity contribution in [3.8, 4) is 5.19 Å². The molecule has 1 saturated heterocycles. The summed E-state index contributed by atoms with van der Waals surface area (Å²) in [6.45, 7) is 0.190. The van der Waals surface area contributed by atoms with E-state index in [0.29, 0.717) is 33.8 Å². The van der Waals surface area contributed by atoms with E-state index in [1.54, 1.807) is 23.1 Å². The molecule has 0 radical (unpaired) electrons. The zero-order chi connectivity index (χ0) is 30.8. The molecule has 3 heterocycles. The minimum atomic E-state index is -1.14. The standard InChI is InChI=1S/C32H34Cl2N4O5S/c1-42-30(41)32-17-19(32)9-5-3-2-4-6-11-25(35-22-14-20(33)13-21(34)15-22)29(40)38-18-23(16-26(38)28(39)37-32)43-31-36-24-10-7-8-12-27(24)44-31/h5,7-10,12-15,19,23,25-26,35H,2-4,6,11,16-18H2,1H3,(H,37,39)/b9-5-/t19-,23-,25+,26+,32-/m1/s1. The molecule has 6 rings (SSSR count). The van der Waals surface area contributed by atoms with Gasteiger partial charge in [-0.3, -0.25) is 9.59 Å². The van der Waals surface area contributed by atoms with Gasteiger partial charge in [0.2, 0.25) is 11.8 Å². The van der Waals surface area contributed by atoms with Crippen molar-refractivity contribution in [3.05, 3.63) is 64.7 Å². The van der Waals surface area contributed by atoms with E-state index in [0.717, 1.165) is 35.9 Å². The van der Waals surface area contributed by atoms with Crippen LogP contribution >= 0.6 is 34.5 Å². The average molecular weight is 658 g/mol. The van der Waals surface area contributed by atoms with E-state index in [1.165, 1.54) is 18.4 Å². The Morgan fingerprint density at radius 2 is 1.93 bits per heavy atom. The number of fused-ring (bicyclic) bond motifs is 3. The van der Waals surface area contributed by atoms with Crippen LogP contribution in [0.25, 0.3) is 10.2 Å². The lowest BCUT2D eigenvalue weighted by atomic mass is 10.0. The first kappa shape index (κ1) is 30.7. The molecule has 1 aromatic heterocycles. The number of ether oxygens (including phenoxy) is 2. The molecule has 2 aromatic carbocycles. The summed E-state index contributed by atoms with van der Waals surface area (Å²) in [4.78, 5) is 47.4. The van der Waals surface area contributed by atoms with Crippen LogP contribution < -0.4 is 15.4 Å². The monoisotopic (exact) mass is 656 g/mol. The summed E-state index contributed by atoms with van der Waals surface area (Å²) in [7, 11) is 1.32. The molecule has 5 atom stereocenters. The van der Waals surface area contributed by atoms with Gasteiger partial charge in [-0.2, -0.15) is 0 Å². The molecule has 3 aliphatic rings. The fourth-order valence-corrected chi connectivity index (χ4v) is 7.61. The van der Waals surface area contributed by atoms with Crippen molar-refractivity contribution in [2.24, 2.45) is 5.92 Å². The van der Waals surface area contributed by atoms with Gasteiger partial charge in [0.1, 0.15) is 23.7 Å². The Morgan fingerprint density at radius 3 is 2.70 bits per heavy atom. The molecule has 44 heavy (non-hydrogen) atoms. The van der Waals surface area contributed by atoms with Gasteiger partial charge in [-0.25, -0.2) is 9.78 Å². The average Bonchev–Trinajstić information content (AvgIpc) is 3.31. The molecule has 1 saturated carbocycles. The highest BCUT2D eigenvalue weighted by atomic mass is 35.5. The number of hydrogen-bond donors (Lipinski definition) is 2. The largest absolute Gasteiger partial charge is 0.467 e. The topological polar surface area (TPSA) is 110 Å². The third-order valence-corrected chi connectivity index (χ3v) is 9.90. The number of benzene rings is 2. The first-order valence-corrected chi connectivity index (χ1v) is 16.5. The summed E-state index contributed by atoms with van der Waals surface area (Å²) < 4.78 is 12.4. The molecule has 2 amide bonds. The van der Waals surface area contributed by atoms with Gasteiger partial charge in [-0.15, -0.1) is 0 Å². The molecule has 2 fully saturated rings. The summed E-state index contributed by atoms with van der Waals surface area (Å²) >= 11 is 13.9. The summed E-state index contributed by atoms with van der Waals surface area (Å²) in [5, 5.41) is 7.70. The minimum absolute atomic E-state index is 0.161. The number of aromatic nitrogens is 1. The lowest BCUT2D eigenvalue weighted by Gasteiger charge is -2.30. The van der Waals surface area contributed by atoms with Crippen LogP contribution in [0.1, 0.15) is 44.9 Å². The number of nitrogens with zero attached hydrogens (tertiary/aromatic N) is 2. The van der Waals surface area contributed by atoms with Crippen LogP contribution in [0, 0.1) is 5.92 Å². The van der Waals surface area contributed by atoms with Gasteiger partial charge in [-0.05, 0) is 56.0 Å². The third-order valence-electron chi connectivity index (χ3n) is 8.53. The number of nitrogens with one attached hydrogen (secondary N) is 2. The first-order chi connectivity index (χ1) is 21.3. The number of allylic oxidation sites excluding steroid dienone is 1. The number of methoxy groups -OCH3 is 1. The predicted molar refractivity (Wildman–Crippen MR) is 171 cm³/mol. The molecular weight excluding hydrogens is 623 g/mol. The Labute approximate surface area is 269 Å². The number of hydrogen-bond acceptors (Lipinski definition) is 8. The Hall–Kier alpha value is -3.34. The Morgan fingerprint density at radius 1 is 1.14 bits per heavy atom. The highest BCUT2D eigenvalue weighted by Gasteiger charge is 2.62. The van der Waals surface area contributed by atoms with Crippen molar-refractivity contribution < 1.29 is 23.9 Å². The molecule has 3 aromatic rings. The Bertz CT molecular complexity index is 1540. The van der Waals surface area contributed by atoms with E-state index >= 15 is 0 Å². The van der Waals surface area contributed by atoms with Gasteiger partial charge in [-0.1, -0.05) is 71.7 Å². The Balaban J connectivity index is 1.30. The number of rotatable bonds is 5. The lowest BCUT2D eigenvalue weighted by Crippen LogP contribution is -2.55. The predicted octanol–water partition coefficient (Wildman–Crippen LogP) is 6.00. The van der Waals surface area contributed by atoms with E-state index < -0.39 is 35.6 Å². The van der Waals surface area contributed by atoms with Crippen LogP contribution in [-0.4, -0.2) is 65.0 Å². The maximum atomic E-state index is 14.3. The zero-order valence-electron chi connectivity index (χ0n) is 24.3. The summed E-state index contributed by atoms with van der Waals surface area (Å²) in [6, 6.07) is 11.3. The van der Waals surface area contributed by atoms with E-state index in [4.69, 9.17) is 32.7 Å². The van der Waals surface area contributed by atoms with Gasteiger partial charge < -0.3 is 25.0 Å². The molecular formula is C32H34Cl2N4O5S. The maximum absolute atomic E-state index is 14.3. The molecule has 9 nitrogen and oxygen atoms in total. The number of amides is 2. The van der Waals surface area contributed by atoms with Crippen molar-refractivity contribution in [3.63, 3.8) is 0 Å². The quantitative estimate of drug-likeness (QED) is 0.256. The van der Waals surface area contributed by atoms with Crippen molar-refractivity contribution in [2.75, 3.05) is 19.0 Å². The van der Waals surface area contributed by atoms with Crippen molar-refractivity contribution in [2.45, 2.75) is 68.7 Å². The number of carbonyl (C=O) groups excluding carboxylic acids is 3. The SMILES string of the molecule is COC(=O)[C@@]12C[C@H]1/C=C\CCCCC[C@H](Nc1cc(Cl)cc(Cl)c1)C(=O)N1C[C@H](Oc3nc4ccccc4s3)C[C@H]1C(=O)N2. The number of thiazole rings is 1. The molecule has 232 valence electrons. The summed E-state index contributed by atoms with van der Waals surface area (Å²) in [5.74, 6) is -1.29. The van der Waals surface area contributed by atoms with Crippen molar-refractivity contribution >= 4 is 68.2 Å². The highest BCUT2D eigenvalue weighted by molar-refractivity contribution is 7.20. The number of para-hydroxylation sites is 1. The van der Waals surface area contributed by atoms with Gasteiger partial charge in [0.25, 0.3) is 5.19 Å². The van der Waals surface area contributed by atoms with E-state index in [2.05, 4.69) is 21.7 Å². The van der Waals surface area contributed by atoms with Gasteiger partial charge in [0, 0.05) is 28.1 Å². The van der Waals surface area contributed by atoms with Crippen LogP contribution in [0.2, 0.25) is 10.0 Å². The fourth-order valence-electron chi connectivity index (χ4n) is 6.20. The van der Waals surface area contributed by atoms with Crippen molar-refractivity contribution in [1.29, 1.82) is 0 Å². The molecule has 2 aliphatic heterocycles. The van der Waals surface area contributed by atoms with Crippen LogP contribution in [0.5, 0.6) is 5.19 Å².